The fraction of sp³-hybridized carbons (Fsp3) is 0.211. The number of carbonyl (C=O) groups excluding carboxylic acids is 1. The second-order valence-electron chi connectivity index (χ2n) is 6.44. The van der Waals surface area contributed by atoms with Crippen LogP contribution >= 0.6 is 0 Å². The molecule has 0 saturated carbocycles. The van der Waals surface area contributed by atoms with Gasteiger partial charge in [0.25, 0.3) is 0 Å². The Labute approximate surface area is 163 Å². The predicted molar refractivity (Wildman–Crippen MR) is 97.5 cm³/mol. The molecule has 2 aromatic carbocycles. The molecule has 1 aliphatic rings. The second kappa shape index (κ2) is 7.38. The smallest absolute Gasteiger partial charge is 0.316 e. The third-order valence-electron chi connectivity index (χ3n) is 4.66. The van der Waals surface area contributed by atoms with E-state index in [9.17, 15) is 18.7 Å². The van der Waals surface area contributed by atoms with Crippen molar-refractivity contribution in [1.82, 2.24) is 15.5 Å². The van der Waals surface area contributed by atoms with E-state index in [0.29, 0.717) is 5.56 Å². The van der Waals surface area contributed by atoms with E-state index in [1.807, 2.05) is 0 Å². The zero-order valence-electron chi connectivity index (χ0n) is 15.1. The Morgan fingerprint density at radius 2 is 1.90 bits per heavy atom. The summed E-state index contributed by atoms with van der Waals surface area (Å²) in [5.41, 5.74) is 0.322. The predicted octanol–water partition coefficient (Wildman–Crippen LogP) is 2.42. The molecular weight excluding hydrogens is 386 g/mol. The average molecular weight is 402 g/mol. The lowest BCUT2D eigenvalue weighted by atomic mass is 9.93. The van der Waals surface area contributed by atoms with Crippen molar-refractivity contribution in [2.45, 2.75) is 12.0 Å². The number of nitrogens with one attached hydrogen (secondary N) is 2. The molecular formula is C19H16F2N4O4. The van der Waals surface area contributed by atoms with Crippen LogP contribution in [0, 0.1) is 11.6 Å². The van der Waals surface area contributed by atoms with E-state index in [1.165, 1.54) is 19.2 Å². The lowest BCUT2D eigenvalue weighted by molar-refractivity contribution is -0.119. The van der Waals surface area contributed by atoms with E-state index in [4.69, 9.17) is 9.15 Å². The molecule has 0 aliphatic carbocycles. The molecule has 4 rings (SSSR count). The largest absolute Gasteiger partial charge is 0.508 e. The summed E-state index contributed by atoms with van der Waals surface area (Å²) in [7, 11) is 1.31. The Hall–Kier alpha value is -3.69. The SMILES string of the molecule is COc1cc(F)c([C@@H]2CNC(=O)[C@H]2Nc2nnc(-c3ccc(O)cc3)o2)c(F)c1. The van der Waals surface area contributed by atoms with E-state index in [-0.39, 0.29) is 35.5 Å². The van der Waals surface area contributed by atoms with Crippen molar-refractivity contribution < 1.29 is 27.8 Å². The number of carbonyl (C=O) groups is 1. The van der Waals surface area contributed by atoms with Crippen molar-refractivity contribution in [3.05, 3.63) is 53.6 Å². The molecule has 3 N–H and O–H groups in total. The van der Waals surface area contributed by atoms with Crippen molar-refractivity contribution in [3.8, 4) is 23.0 Å². The van der Waals surface area contributed by atoms with Crippen LogP contribution in [0.4, 0.5) is 14.8 Å². The summed E-state index contributed by atoms with van der Waals surface area (Å²) >= 11 is 0. The number of amides is 1. The van der Waals surface area contributed by atoms with Gasteiger partial charge in [-0.2, -0.15) is 0 Å². The van der Waals surface area contributed by atoms with Gasteiger partial charge in [-0.05, 0) is 24.3 Å². The molecule has 150 valence electrons. The molecule has 1 amide bonds. The van der Waals surface area contributed by atoms with Crippen molar-refractivity contribution in [2.24, 2.45) is 0 Å². The van der Waals surface area contributed by atoms with Crippen LogP contribution in [0.15, 0.2) is 40.8 Å². The van der Waals surface area contributed by atoms with Gasteiger partial charge in [-0.1, -0.05) is 5.10 Å². The molecule has 1 saturated heterocycles. The van der Waals surface area contributed by atoms with Gasteiger partial charge in [0.15, 0.2) is 0 Å². The number of phenolic OH excluding ortho intramolecular Hbond substituents is 1. The molecule has 0 bridgehead atoms. The van der Waals surface area contributed by atoms with E-state index in [1.54, 1.807) is 12.1 Å². The number of hydrogen-bond acceptors (Lipinski definition) is 7. The molecule has 3 aromatic rings. The van der Waals surface area contributed by atoms with Crippen LogP contribution < -0.4 is 15.4 Å². The van der Waals surface area contributed by atoms with E-state index in [0.717, 1.165) is 12.1 Å². The number of aromatic nitrogens is 2. The number of aromatic hydroxyl groups is 1. The number of halogens is 2. The molecule has 1 aliphatic heterocycles. The lowest BCUT2D eigenvalue weighted by Gasteiger charge is -2.19. The summed E-state index contributed by atoms with van der Waals surface area (Å²) in [5, 5.41) is 22.4. The van der Waals surface area contributed by atoms with Gasteiger partial charge in [0.05, 0.1) is 7.11 Å². The van der Waals surface area contributed by atoms with Crippen LogP contribution in [0.1, 0.15) is 11.5 Å². The minimum atomic E-state index is -1.01. The van der Waals surface area contributed by atoms with E-state index >= 15 is 0 Å². The number of nitrogens with zero attached hydrogens (tertiary/aromatic N) is 2. The van der Waals surface area contributed by atoms with Crippen LogP contribution in [0.5, 0.6) is 11.5 Å². The Bertz CT molecular complexity index is 1030. The molecule has 8 nitrogen and oxygen atoms in total. The quantitative estimate of drug-likeness (QED) is 0.601. The molecule has 0 radical (unpaired) electrons. The van der Waals surface area contributed by atoms with Gasteiger partial charge in [0.1, 0.15) is 29.2 Å². The third-order valence-corrected chi connectivity index (χ3v) is 4.66. The maximum Gasteiger partial charge on any atom is 0.316 e. The zero-order valence-corrected chi connectivity index (χ0v) is 15.1. The van der Waals surface area contributed by atoms with Crippen LogP contribution in [0.25, 0.3) is 11.5 Å². The number of hydrogen-bond donors (Lipinski definition) is 3. The molecule has 1 aromatic heterocycles. The highest BCUT2D eigenvalue weighted by molar-refractivity contribution is 5.88. The normalized spacial score (nSPS) is 18.5. The highest BCUT2D eigenvalue weighted by Gasteiger charge is 2.40. The summed E-state index contributed by atoms with van der Waals surface area (Å²) in [5.74, 6) is -2.63. The Morgan fingerprint density at radius 3 is 2.55 bits per heavy atom. The number of ether oxygens (including phenoxy) is 1. The van der Waals surface area contributed by atoms with E-state index < -0.39 is 29.5 Å². The number of anilines is 1. The first-order valence-corrected chi connectivity index (χ1v) is 8.66. The number of phenols is 1. The molecule has 29 heavy (non-hydrogen) atoms. The summed E-state index contributed by atoms with van der Waals surface area (Å²) in [6.07, 6.45) is 0. The molecule has 1 fully saturated rings. The summed E-state index contributed by atoms with van der Waals surface area (Å²) < 4.78 is 39.3. The fourth-order valence-electron chi connectivity index (χ4n) is 3.22. The van der Waals surface area contributed by atoms with Gasteiger partial charge >= 0.3 is 6.01 Å². The minimum absolute atomic E-state index is 0.0373. The standard InChI is InChI=1S/C19H16F2N4O4/c1-28-11-6-13(20)15(14(21)7-11)12-8-22-17(27)16(12)23-19-25-24-18(29-19)9-2-4-10(26)5-3-9/h2-7,12,16,26H,8H2,1H3,(H,22,27)(H,23,25)/t12-,16-/m0/s1. The number of rotatable bonds is 5. The first-order chi connectivity index (χ1) is 14.0. The molecule has 0 unspecified atom stereocenters. The highest BCUT2D eigenvalue weighted by atomic mass is 19.1. The van der Waals surface area contributed by atoms with Crippen molar-refractivity contribution in [2.75, 3.05) is 19.0 Å². The zero-order chi connectivity index (χ0) is 20.5. The molecule has 0 spiro atoms. The maximum absolute atomic E-state index is 14.5. The van der Waals surface area contributed by atoms with Crippen LogP contribution in [-0.4, -0.2) is 40.9 Å². The van der Waals surface area contributed by atoms with Gasteiger partial charge in [0.2, 0.25) is 11.8 Å². The first-order valence-electron chi connectivity index (χ1n) is 8.66. The summed E-state index contributed by atoms with van der Waals surface area (Å²) in [4.78, 5) is 12.3. The lowest BCUT2D eigenvalue weighted by Crippen LogP contribution is -2.33. The molecule has 2 atom stereocenters. The summed E-state index contributed by atoms with van der Waals surface area (Å²) in [6, 6.07) is 7.13. The summed E-state index contributed by atoms with van der Waals surface area (Å²) in [6.45, 7) is 0.0373. The Morgan fingerprint density at radius 1 is 1.21 bits per heavy atom. The second-order valence-corrected chi connectivity index (χ2v) is 6.44. The van der Waals surface area contributed by atoms with Gasteiger partial charge in [-0.15, -0.1) is 5.10 Å². The fourth-order valence-corrected chi connectivity index (χ4v) is 3.22. The maximum atomic E-state index is 14.5. The first kappa shape index (κ1) is 18.7. The minimum Gasteiger partial charge on any atom is -0.508 e. The van der Waals surface area contributed by atoms with Crippen molar-refractivity contribution in [1.29, 1.82) is 0 Å². The average Bonchev–Trinajstić information content (AvgIpc) is 3.30. The topological polar surface area (TPSA) is 110 Å². The van der Waals surface area contributed by atoms with Gasteiger partial charge in [-0.25, -0.2) is 8.78 Å². The Kier molecular flexibility index (Phi) is 4.75. The van der Waals surface area contributed by atoms with E-state index in [2.05, 4.69) is 20.8 Å². The Balaban J connectivity index is 1.59. The third kappa shape index (κ3) is 3.56. The van der Waals surface area contributed by atoms with Gasteiger partial charge < -0.3 is 24.9 Å². The van der Waals surface area contributed by atoms with Crippen molar-refractivity contribution >= 4 is 11.9 Å². The van der Waals surface area contributed by atoms with Crippen LogP contribution in [-0.2, 0) is 4.79 Å². The van der Waals surface area contributed by atoms with Crippen LogP contribution in [0.2, 0.25) is 0 Å². The molecule has 2 heterocycles. The number of methoxy groups -OCH3 is 1. The highest BCUT2D eigenvalue weighted by Crippen LogP contribution is 2.33. The van der Waals surface area contributed by atoms with Crippen molar-refractivity contribution in [3.63, 3.8) is 0 Å². The van der Waals surface area contributed by atoms with Gasteiger partial charge in [-0.3, -0.25) is 4.79 Å². The van der Waals surface area contributed by atoms with Gasteiger partial charge in [0, 0.05) is 35.7 Å². The molecule has 10 heteroatoms. The van der Waals surface area contributed by atoms with Crippen LogP contribution in [0.3, 0.4) is 0 Å². The monoisotopic (exact) mass is 402 g/mol. The number of benzene rings is 2.